The van der Waals surface area contributed by atoms with Gasteiger partial charge in [0.2, 0.25) is 0 Å². The lowest BCUT2D eigenvalue weighted by Crippen LogP contribution is -2.36. The third-order valence-corrected chi connectivity index (χ3v) is 8.54. The number of halogens is 2. The van der Waals surface area contributed by atoms with E-state index >= 15 is 0 Å². The highest BCUT2D eigenvalue weighted by Gasteiger charge is 2.31. The fraction of sp³-hybridized carbons (Fsp3) is 0.438. The fourth-order valence-corrected chi connectivity index (χ4v) is 6.22. The van der Waals surface area contributed by atoms with Crippen LogP contribution in [0.3, 0.4) is 0 Å². The molecule has 2 aromatic carbocycles. The number of ether oxygens (including phenoxy) is 3. The van der Waals surface area contributed by atoms with Crippen LogP contribution in [-0.2, 0) is 22.6 Å². The number of carbonyl (C=O) groups excluding carboxylic acids is 1. The van der Waals surface area contributed by atoms with Gasteiger partial charge >= 0.3 is 5.97 Å². The van der Waals surface area contributed by atoms with Crippen molar-refractivity contribution in [2.75, 3.05) is 26.3 Å². The van der Waals surface area contributed by atoms with Crippen molar-refractivity contribution < 1.29 is 23.4 Å². The monoisotopic (exact) mass is 579 g/mol. The second-order valence-corrected chi connectivity index (χ2v) is 11.4. The summed E-state index contributed by atoms with van der Waals surface area (Å²) in [5.74, 6) is 1.33. The Morgan fingerprint density at radius 1 is 1.17 bits per heavy atom. The molecule has 7 nitrogen and oxygen atoms in total. The number of esters is 1. The average molecular weight is 580 g/mol. The van der Waals surface area contributed by atoms with E-state index in [0.717, 1.165) is 61.7 Å². The molecule has 2 saturated heterocycles. The fourth-order valence-electron chi connectivity index (χ4n) is 6.06. The minimum absolute atomic E-state index is 0.102. The molecule has 4 heterocycles. The van der Waals surface area contributed by atoms with Crippen LogP contribution in [0.25, 0.3) is 6.08 Å². The van der Waals surface area contributed by atoms with Gasteiger partial charge in [-0.3, -0.25) is 4.90 Å². The molecule has 3 aliphatic heterocycles. The van der Waals surface area contributed by atoms with E-state index in [1.54, 1.807) is 12.1 Å². The highest BCUT2D eigenvalue weighted by molar-refractivity contribution is 6.30. The van der Waals surface area contributed by atoms with E-state index in [1.807, 2.05) is 36.6 Å². The highest BCUT2D eigenvalue weighted by Crippen LogP contribution is 2.42. The largest absolute Gasteiger partial charge is 0.481 e. The van der Waals surface area contributed by atoms with Crippen molar-refractivity contribution in [2.45, 2.75) is 64.3 Å². The van der Waals surface area contributed by atoms with Crippen LogP contribution in [0.2, 0.25) is 5.02 Å². The number of nitrogens with zero attached hydrogens (tertiary/aromatic N) is 3. The minimum Gasteiger partial charge on any atom is -0.481 e. The number of likely N-dealkylation sites (tertiary alicyclic amines) is 1. The van der Waals surface area contributed by atoms with E-state index in [4.69, 9.17) is 30.8 Å². The summed E-state index contributed by atoms with van der Waals surface area (Å²) in [6.07, 6.45) is 6.41. The Labute approximate surface area is 244 Å². The maximum Gasteiger partial charge on any atom is 0.356 e. The second kappa shape index (κ2) is 12.0. The number of rotatable bonds is 8. The van der Waals surface area contributed by atoms with E-state index in [9.17, 15) is 9.18 Å². The predicted molar refractivity (Wildman–Crippen MR) is 155 cm³/mol. The Balaban J connectivity index is 1.16. The number of aryl methyl sites for hydroxylation is 1. The lowest BCUT2D eigenvalue weighted by molar-refractivity contribution is -0.0601. The third-order valence-electron chi connectivity index (χ3n) is 8.30. The summed E-state index contributed by atoms with van der Waals surface area (Å²) in [7, 11) is 0. The Kier molecular flexibility index (Phi) is 8.15. The highest BCUT2D eigenvalue weighted by atomic mass is 35.5. The molecule has 0 spiro atoms. The smallest absolute Gasteiger partial charge is 0.356 e. The molecule has 3 aliphatic rings. The van der Waals surface area contributed by atoms with Crippen LogP contribution in [0.4, 0.5) is 4.39 Å². The van der Waals surface area contributed by atoms with Crippen LogP contribution < -0.4 is 4.74 Å². The standard InChI is InChI=1S/C32H35ClFN3O4/c1-3-39-32(38)30-20(2)35-29(37(30)18-24-13-16-40-24)19-36-14-11-21(12-15-36)25-6-4-5-22-7-10-28(41-31(22)25)26-9-8-23(33)17-27(26)34/h4-10,17,21,24,28H,3,11-16,18-19H2,1-2H3/t24-,28+/m0/s1. The number of aromatic nitrogens is 2. The number of hydrogen-bond acceptors (Lipinski definition) is 6. The van der Waals surface area contributed by atoms with Gasteiger partial charge in [0.1, 0.15) is 23.5 Å². The number of para-hydroxylation sites is 1. The number of piperidine rings is 1. The van der Waals surface area contributed by atoms with Crippen LogP contribution in [0.15, 0.2) is 42.5 Å². The van der Waals surface area contributed by atoms with Gasteiger partial charge in [-0.25, -0.2) is 14.2 Å². The molecule has 3 aromatic rings. The summed E-state index contributed by atoms with van der Waals surface area (Å²) in [5, 5.41) is 0.366. The number of fused-ring (bicyclic) bond motifs is 1. The molecule has 41 heavy (non-hydrogen) atoms. The Bertz CT molecular complexity index is 1460. The maximum absolute atomic E-state index is 14.7. The zero-order valence-electron chi connectivity index (χ0n) is 23.4. The van der Waals surface area contributed by atoms with Gasteiger partial charge in [-0.2, -0.15) is 0 Å². The predicted octanol–water partition coefficient (Wildman–Crippen LogP) is 6.48. The lowest BCUT2D eigenvalue weighted by Gasteiger charge is -2.34. The van der Waals surface area contributed by atoms with Crippen molar-refractivity contribution in [1.29, 1.82) is 0 Å². The number of hydrogen-bond donors (Lipinski definition) is 0. The van der Waals surface area contributed by atoms with Crippen LogP contribution in [-0.4, -0.2) is 52.8 Å². The van der Waals surface area contributed by atoms with E-state index in [-0.39, 0.29) is 17.9 Å². The third kappa shape index (κ3) is 5.78. The molecule has 0 unspecified atom stereocenters. The van der Waals surface area contributed by atoms with E-state index in [2.05, 4.69) is 17.0 Å². The Morgan fingerprint density at radius 2 is 1.98 bits per heavy atom. The molecule has 1 aromatic heterocycles. The molecular formula is C32H35ClFN3O4. The van der Waals surface area contributed by atoms with Gasteiger partial charge in [0.05, 0.1) is 31.5 Å². The zero-order valence-corrected chi connectivity index (χ0v) is 24.2. The molecule has 0 radical (unpaired) electrons. The lowest BCUT2D eigenvalue weighted by atomic mass is 9.87. The molecule has 2 fully saturated rings. The topological polar surface area (TPSA) is 65.8 Å². The molecular weight excluding hydrogens is 545 g/mol. The summed E-state index contributed by atoms with van der Waals surface area (Å²) < 4.78 is 34.1. The Morgan fingerprint density at radius 3 is 2.68 bits per heavy atom. The van der Waals surface area contributed by atoms with E-state index < -0.39 is 6.10 Å². The van der Waals surface area contributed by atoms with Gasteiger partial charge in [-0.15, -0.1) is 0 Å². The molecule has 216 valence electrons. The normalized spacial score (nSPS) is 20.8. The van der Waals surface area contributed by atoms with Crippen LogP contribution in [0.5, 0.6) is 5.75 Å². The second-order valence-electron chi connectivity index (χ2n) is 11.0. The van der Waals surface area contributed by atoms with Crippen molar-refractivity contribution in [1.82, 2.24) is 14.5 Å². The van der Waals surface area contributed by atoms with Crippen molar-refractivity contribution in [3.05, 3.63) is 87.2 Å². The molecule has 9 heteroatoms. The van der Waals surface area contributed by atoms with Crippen molar-refractivity contribution in [3.63, 3.8) is 0 Å². The Hall–Kier alpha value is -3.20. The van der Waals surface area contributed by atoms with Crippen LogP contribution in [0, 0.1) is 12.7 Å². The van der Waals surface area contributed by atoms with Gasteiger partial charge in [-0.1, -0.05) is 41.9 Å². The molecule has 0 bridgehead atoms. The molecule has 0 amide bonds. The van der Waals surface area contributed by atoms with Gasteiger partial charge in [0, 0.05) is 22.8 Å². The van der Waals surface area contributed by atoms with Crippen molar-refractivity contribution in [2.24, 2.45) is 0 Å². The summed E-state index contributed by atoms with van der Waals surface area (Å²) in [4.78, 5) is 20.0. The van der Waals surface area contributed by atoms with Crippen LogP contribution in [0.1, 0.15) is 76.9 Å². The molecule has 0 N–H and O–H groups in total. The SMILES string of the molecule is CCOC(=O)c1c(C)nc(CN2CCC(c3cccc4c3O[C@@H](c3ccc(Cl)cc3F)C=C4)CC2)n1C[C@@H]1CCO1. The van der Waals surface area contributed by atoms with Crippen molar-refractivity contribution >= 4 is 23.6 Å². The van der Waals surface area contributed by atoms with Crippen molar-refractivity contribution in [3.8, 4) is 5.75 Å². The molecule has 6 rings (SSSR count). The summed E-state index contributed by atoms with van der Waals surface area (Å²) in [5.41, 5.74) is 3.87. The number of carbonyl (C=O) groups is 1. The first kappa shape index (κ1) is 27.9. The molecule has 2 atom stereocenters. The molecule has 0 aliphatic carbocycles. The minimum atomic E-state index is -0.503. The van der Waals surface area contributed by atoms with Crippen LogP contribution >= 0.6 is 11.6 Å². The summed E-state index contributed by atoms with van der Waals surface area (Å²) in [6, 6.07) is 10.9. The van der Waals surface area contributed by atoms with Gasteiger partial charge in [0.15, 0.2) is 5.69 Å². The average Bonchev–Trinajstić information content (AvgIpc) is 3.24. The van der Waals surface area contributed by atoms with Gasteiger partial charge in [-0.05, 0) is 75.9 Å². The van der Waals surface area contributed by atoms with Gasteiger partial charge < -0.3 is 18.8 Å². The zero-order chi connectivity index (χ0) is 28.5. The number of benzene rings is 2. The molecule has 0 saturated carbocycles. The number of imidazole rings is 1. The van der Waals surface area contributed by atoms with Gasteiger partial charge in [0.25, 0.3) is 0 Å². The first-order valence-corrected chi connectivity index (χ1v) is 14.8. The summed E-state index contributed by atoms with van der Waals surface area (Å²) in [6.45, 7) is 7.81. The summed E-state index contributed by atoms with van der Waals surface area (Å²) >= 11 is 5.97. The van der Waals surface area contributed by atoms with E-state index in [0.29, 0.717) is 47.6 Å². The first-order valence-electron chi connectivity index (χ1n) is 14.4. The quantitative estimate of drug-likeness (QED) is 0.285. The first-order chi connectivity index (χ1) is 19.9. The maximum atomic E-state index is 14.7. The van der Waals surface area contributed by atoms with E-state index in [1.165, 1.54) is 6.07 Å².